The van der Waals surface area contributed by atoms with E-state index >= 15 is 0 Å². The van der Waals surface area contributed by atoms with E-state index in [1.54, 1.807) is 13.0 Å². The van der Waals surface area contributed by atoms with E-state index in [9.17, 15) is 43.6 Å². The lowest BCUT2D eigenvalue weighted by atomic mass is 9.72. The number of nitrogens with one attached hydrogen (secondary N) is 2. The zero-order valence-corrected chi connectivity index (χ0v) is 21.6. The Labute approximate surface area is 232 Å². The van der Waals surface area contributed by atoms with Gasteiger partial charge in [-0.15, -0.1) is 0 Å². The zero-order valence-electron chi connectivity index (χ0n) is 21.6. The molecule has 16 heteroatoms. The third kappa shape index (κ3) is 5.92. The van der Waals surface area contributed by atoms with E-state index in [0.717, 1.165) is 23.1 Å². The molecule has 4 rings (SSSR count). The largest absolute Gasteiger partial charge is 0.547 e. The van der Waals surface area contributed by atoms with Gasteiger partial charge in [0, 0.05) is 19.6 Å². The second-order valence-corrected chi connectivity index (χ2v) is 9.34. The summed E-state index contributed by atoms with van der Waals surface area (Å²) in [5, 5.41) is 44.3. The summed E-state index contributed by atoms with van der Waals surface area (Å²) in [6, 6.07) is 4.32. The van der Waals surface area contributed by atoms with Crippen molar-refractivity contribution in [2.24, 2.45) is 0 Å². The molecule has 6 N–H and O–H groups in total. The van der Waals surface area contributed by atoms with Gasteiger partial charge in [0.25, 0.3) is 5.91 Å². The van der Waals surface area contributed by atoms with Crippen LogP contribution in [0, 0.1) is 5.82 Å². The van der Waals surface area contributed by atoms with Gasteiger partial charge in [-0.25, -0.2) is 18.8 Å². The van der Waals surface area contributed by atoms with E-state index in [2.05, 4.69) is 10.6 Å². The summed E-state index contributed by atoms with van der Waals surface area (Å²) in [5.41, 5.74) is -0.681. The minimum Gasteiger partial charge on any atom is -0.534 e. The molecule has 1 saturated heterocycles. The Kier molecular flexibility index (Phi) is 8.44. The first-order chi connectivity index (χ1) is 19.4. The SMILES string of the molecule is CCN1CCN(C(=O)N[C@@H](C(=O)N[C@H]2Cc3cccc(C(=O)O)c3OB2O)c2ccc(C(=O)O)c(F)c2)C(O)C1=O. The van der Waals surface area contributed by atoms with Gasteiger partial charge in [-0.1, -0.05) is 18.2 Å². The van der Waals surface area contributed by atoms with Crippen molar-refractivity contribution in [3.8, 4) is 5.75 Å². The smallest absolute Gasteiger partial charge is 0.534 e. The molecule has 2 aromatic carbocycles. The molecule has 3 atom stereocenters. The fourth-order valence-corrected chi connectivity index (χ4v) is 4.66. The molecule has 0 spiro atoms. The first-order valence-electron chi connectivity index (χ1n) is 12.5. The average molecular weight is 572 g/mol. The number of benzene rings is 2. The number of aliphatic hydroxyl groups excluding tert-OH is 1. The van der Waals surface area contributed by atoms with E-state index in [4.69, 9.17) is 9.76 Å². The van der Waals surface area contributed by atoms with E-state index in [1.807, 2.05) is 0 Å². The predicted molar refractivity (Wildman–Crippen MR) is 137 cm³/mol. The number of carboxylic acid groups (broad SMARTS) is 2. The lowest BCUT2D eigenvalue weighted by Crippen LogP contribution is -2.61. The number of piperazine rings is 1. The number of amides is 4. The molecule has 216 valence electrons. The third-order valence-corrected chi connectivity index (χ3v) is 6.85. The zero-order chi connectivity index (χ0) is 30.0. The van der Waals surface area contributed by atoms with Gasteiger partial charge >= 0.3 is 25.1 Å². The van der Waals surface area contributed by atoms with Crippen molar-refractivity contribution in [1.82, 2.24) is 20.4 Å². The normalized spacial score (nSPS) is 19.1. The van der Waals surface area contributed by atoms with Gasteiger partial charge < -0.3 is 40.5 Å². The molecule has 14 nitrogen and oxygen atoms in total. The second kappa shape index (κ2) is 11.8. The number of rotatable bonds is 7. The summed E-state index contributed by atoms with van der Waals surface area (Å²) in [7, 11) is -1.70. The molecule has 2 heterocycles. The van der Waals surface area contributed by atoms with Gasteiger partial charge in [0.1, 0.15) is 17.6 Å². The van der Waals surface area contributed by atoms with Crippen molar-refractivity contribution in [3.63, 3.8) is 0 Å². The molecule has 41 heavy (non-hydrogen) atoms. The number of fused-ring (bicyclic) bond motifs is 1. The number of para-hydroxylation sites is 1. The highest BCUT2D eigenvalue weighted by Gasteiger charge is 2.41. The number of aromatic carboxylic acids is 2. The third-order valence-electron chi connectivity index (χ3n) is 6.85. The summed E-state index contributed by atoms with van der Waals surface area (Å²) < 4.78 is 19.9. The molecule has 0 radical (unpaired) electrons. The number of aliphatic hydroxyl groups is 1. The number of urea groups is 1. The van der Waals surface area contributed by atoms with Crippen LogP contribution >= 0.6 is 0 Å². The van der Waals surface area contributed by atoms with Crippen LogP contribution in [-0.2, 0) is 16.0 Å². The lowest BCUT2D eigenvalue weighted by Gasteiger charge is -2.38. The van der Waals surface area contributed by atoms with Crippen LogP contribution in [0.5, 0.6) is 5.75 Å². The number of nitrogens with zero attached hydrogens (tertiary/aromatic N) is 2. The summed E-state index contributed by atoms with van der Waals surface area (Å²) >= 11 is 0. The standard InChI is InChI=1S/C25H26BFN4O10/c1-2-30-8-9-31(22(34)21(30)33)25(39)29-18(12-6-7-14(23(35)36)16(27)10-12)20(32)28-17-11-13-4-3-5-15(24(37)38)19(13)41-26(17)40/h3-7,10,17-18,22,34,40H,2,8-9,11H2,1H3,(H,28,32)(H,29,39)(H,35,36)(H,37,38)/t17-,18+,22?/m0/s1. The van der Waals surface area contributed by atoms with Crippen molar-refractivity contribution in [2.75, 3.05) is 19.6 Å². The first kappa shape index (κ1) is 29.3. The topological polar surface area (TPSA) is 206 Å². The van der Waals surface area contributed by atoms with Crippen molar-refractivity contribution in [2.45, 2.75) is 31.6 Å². The summed E-state index contributed by atoms with van der Waals surface area (Å²) in [5.74, 6) is -6.94. The molecule has 4 amide bonds. The Morgan fingerprint density at radius 2 is 1.83 bits per heavy atom. The van der Waals surface area contributed by atoms with Crippen LogP contribution in [0.25, 0.3) is 0 Å². The Bertz CT molecular complexity index is 1410. The van der Waals surface area contributed by atoms with Gasteiger partial charge in [-0.2, -0.15) is 0 Å². The molecule has 0 saturated carbocycles. The first-order valence-corrected chi connectivity index (χ1v) is 12.5. The van der Waals surface area contributed by atoms with Crippen molar-refractivity contribution < 1.29 is 53.4 Å². The van der Waals surface area contributed by atoms with E-state index in [1.165, 1.54) is 17.0 Å². The minimum atomic E-state index is -1.84. The molecule has 0 aromatic heterocycles. The lowest BCUT2D eigenvalue weighted by molar-refractivity contribution is -0.153. The molecular weight excluding hydrogens is 546 g/mol. The number of carboxylic acids is 2. The van der Waals surface area contributed by atoms with Crippen LogP contribution in [0.2, 0.25) is 0 Å². The molecule has 2 aromatic rings. The molecular formula is C25H26BFN4O10. The quantitative estimate of drug-likeness (QED) is 0.237. The molecule has 0 aliphatic carbocycles. The molecule has 1 fully saturated rings. The monoisotopic (exact) mass is 572 g/mol. The highest BCUT2D eigenvalue weighted by molar-refractivity contribution is 6.47. The molecule has 2 aliphatic heterocycles. The average Bonchev–Trinajstić information content (AvgIpc) is 2.92. The summed E-state index contributed by atoms with van der Waals surface area (Å²) in [4.78, 5) is 63.8. The second-order valence-electron chi connectivity index (χ2n) is 9.34. The highest BCUT2D eigenvalue weighted by atomic mass is 19.1. The van der Waals surface area contributed by atoms with Gasteiger partial charge in [0.15, 0.2) is 0 Å². The van der Waals surface area contributed by atoms with Crippen LogP contribution in [-0.4, -0.2) is 98.8 Å². The van der Waals surface area contributed by atoms with Crippen molar-refractivity contribution in [1.29, 1.82) is 0 Å². The fourth-order valence-electron chi connectivity index (χ4n) is 4.66. The number of carbonyl (C=O) groups is 5. The Balaban J connectivity index is 1.60. The number of carbonyl (C=O) groups excluding carboxylic acids is 3. The van der Waals surface area contributed by atoms with Crippen LogP contribution in [0.15, 0.2) is 36.4 Å². The minimum absolute atomic E-state index is 0.0669. The van der Waals surface area contributed by atoms with Crippen LogP contribution in [0.3, 0.4) is 0 Å². The van der Waals surface area contributed by atoms with E-state index in [0.29, 0.717) is 12.1 Å². The van der Waals surface area contributed by atoms with E-state index in [-0.39, 0.29) is 36.4 Å². The van der Waals surface area contributed by atoms with Gasteiger partial charge in [-0.05, 0) is 42.7 Å². The summed E-state index contributed by atoms with van der Waals surface area (Å²) in [6.07, 6.45) is -1.91. The Morgan fingerprint density at radius 1 is 1.12 bits per heavy atom. The summed E-state index contributed by atoms with van der Waals surface area (Å²) in [6.45, 7) is 2.03. The predicted octanol–water partition coefficient (Wildman–Crippen LogP) is -0.405. The van der Waals surface area contributed by atoms with Gasteiger partial charge in [-0.3, -0.25) is 14.5 Å². The van der Waals surface area contributed by atoms with Gasteiger partial charge in [0.2, 0.25) is 12.1 Å². The number of halogens is 1. The Morgan fingerprint density at radius 3 is 2.46 bits per heavy atom. The van der Waals surface area contributed by atoms with Crippen LogP contribution in [0.1, 0.15) is 44.8 Å². The van der Waals surface area contributed by atoms with Crippen LogP contribution in [0.4, 0.5) is 9.18 Å². The molecule has 2 aliphatic rings. The fraction of sp³-hybridized carbons (Fsp3) is 0.320. The highest BCUT2D eigenvalue weighted by Crippen LogP contribution is 2.30. The van der Waals surface area contributed by atoms with Crippen molar-refractivity contribution in [3.05, 3.63) is 64.5 Å². The van der Waals surface area contributed by atoms with Crippen molar-refractivity contribution >= 4 is 36.9 Å². The maximum absolute atomic E-state index is 14.6. The Hall–Kier alpha value is -4.70. The van der Waals surface area contributed by atoms with E-state index < -0.39 is 66.5 Å². The molecule has 0 bridgehead atoms. The van der Waals surface area contributed by atoms with Gasteiger partial charge in [0.05, 0.1) is 17.1 Å². The van der Waals surface area contributed by atoms with Crippen LogP contribution < -0.4 is 15.3 Å². The maximum Gasteiger partial charge on any atom is 0.547 e. The number of hydrogen-bond acceptors (Lipinski definition) is 8. The number of likely N-dealkylation sites (N-methyl/N-ethyl adjacent to an activating group) is 1. The number of hydrogen-bond donors (Lipinski definition) is 6. The maximum atomic E-state index is 14.6. The molecule has 1 unspecified atom stereocenters.